The zero-order valence-corrected chi connectivity index (χ0v) is 24.5. The molecule has 1 fully saturated rings. The molecule has 3 aromatic carbocycles. The number of hydrogen-bond acceptors (Lipinski definition) is 7. The van der Waals surface area contributed by atoms with E-state index in [0.717, 1.165) is 30.5 Å². The molecule has 3 aliphatic heterocycles. The minimum Gasteiger partial charge on any atom is -0.480 e. The number of alkyl halides is 3. The Morgan fingerprint density at radius 1 is 1.09 bits per heavy atom. The number of nitrogens with zero attached hydrogens (tertiary/aromatic N) is 2. The second-order valence-electron chi connectivity index (χ2n) is 11.0. The van der Waals surface area contributed by atoms with Crippen LogP contribution in [-0.2, 0) is 18.3 Å². The third-order valence-electron chi connectivity index (χ3n) is 8.38. The van der Waals surface area contributed by atoms with Gasteiger partial charge in [-0.2, -0.15) is 5.10 Å². The maximum atomic E-state index is 16.8. The number of fused-ring (bicyclic) bond motifs is 3. The number of aromatic nitrogens is 2. The van der Waals surface area contributed by atoms with Crippen LogP contribution in [0.25, 0.3) is 11.1 Å². The Hall–Kier alpha value is -4.69. The van der Waals surface area contributed by atoms with E-state index in [1.807, 2.05) is 30.3 Å². The van der Waals surface area contributed by atoms with E-state index in [-0.39, 0.29) is 34.9 Å². The van der Waals surface area contributed by atoms with E-state index in [1.165, 1.54) is 7.05 Å². The van der Waals surface area contributed by atoms with Crippen LogP contribution in [0.4, 0.5) is 22.0 Å². The topological polar surface area (TPSA) is 104 Å². The summed E-state index contributed by atoms with van der Waals surface area (Å²) in [5, 5.41) is 8.35. The molecule has 0 radical (unpaired) electrons. The van der Waals surface area contributed by atoms with Gasteiger partial charge in [-0.25, -0.2) is 8.78 Å². The van der Waals surface area contributed by atoms with Gasteiger partial charge in [0.15, 0.2) is 22.9 Å². The van der Waals surface area contributed by atoms with Crippen molar-refractivity contribution in [3.63, 3.8) is 0 Å². The number of hydrogen-bond donors (Lipinski definition) is 2. The summed E-state index contributed by atoms with van der Waals surface area (Å²) in [5.74, 6) is -5.84. The van der Waals surface area contributed by atoms with Crippen molar-refractivity contribution in [2.45, 2.75) is 37.2 Å². The Morgan fingerprint density at radius 3 is 2.52 bits per heavy atom. The highest BCUT2D eigenvalue weighted by Gasteiger charge is 2.50. The van der Waals surface area contributed by atoms with E-state index in [9.17, 15) is 22.8 Å². The predicted octanol–water partition coefficient (Wildman–Crippen LogP) is 6.16. The summed E-state index contributed by atoms with van der Waals surface area (Å²) in [5.41, 5.74) is -2.86. The number of halogens is 6. The summed E-state index contributed by atoms with van der Waals surface area (Å²) in [4.78, 5) is 25.8. The van der Waals surface area contributed by atoms with Crippen LogP contribution in [0.1, 0.15) is 34.3 Å². The maximum Gasteiger partial charge on any atom is 0.507 e. The lowest BCUT2D eigenvalue weighted by Crippen LogP contribution is -2.48. The summed E-state index contributed by atoms with van der Waals surface area (Å²) in [6, 6.07) is 11.2. The molecule has 15 heteroatoms. The van der Waals surface area contributed by atoms with Gasteiger partial charge in [-0.05, 0) is 31.0 Å². The maximum absolute atomic E-state index is 16.8. The summed E-state index contributed by atoms with van der Waals surface area (Å²) < 4.78 is 89.2. The first-order valence-corrected chi connectivity index (χ1v) is 14.5. The molecule has 2 atom stereocenters. The van der Waals surface area contributed by atoms with E-state index in [0.29, 0.717) is 12.7 Å². The molecule has 2 N–H and O–H groups in total. The van der Waals surface area contributed by atoms with Gasteiger partial charge in [-0.1, -0.05) is 41.9 Å². The molecular weight excluding hydrogens is 639 g/mol. The average molecular weight is 661 g/mol. The lowest BCUT2D eigenvalue weighted by Gasteiger charge is -2.35. The first kappa shape index (κ1) is 30.0. The highest BCUT2D eigenvalue weighted by atomic mass is 35.5. The predicted molar refractivity (Wildman–Crippen MR) is 154 cm³/mol. The summed E-state index contributed by atoms with van der Waals surface area (Å²) >= 11 is 6.56. The molecule has 7 rings (SSSR count). The number of rotatable bonds is 4. The van der Waals surface area contributed by atoms with Gasteiger partial charge < -0.3 is 24.8 Å². The standard InChI is InChI=1S/C31H22ClF5N4O5/c1-38-28(42)15-10-19-26(45-27-20(44-19)13-40-41(29(27)43)31(35,36)37)25(34)23(15)22-16-12-30(21-8-5-9-39-21,14-6-3-2-4-7-14)46-18(16)11-17(33)24(22)32/h2-4,6-7,10-11,13,21,39H,5,8-9,12H2,1H3,(H,38,42)/t21-,30-/m0/s1. The van der Waals surface area contributed by atoms with Crippen LogP contribution in [0.2, 0.25) is 5.02 Å². The van der Waals surface area contributed by atoms with Crippen molar-refractivity contribution < 1.29 is 41.0 Å². The third-order valence-corrected chi connectivity index (χ3v) is 8.75. The molecular formula is C31H22ClF5N4O5. The van der Waals surface area contributed by atoms with E-state index in [2.05, 4.69) is 15.7 Å². The fourth-order valence-corrected chi connectivity index (χ4v) is 6.61. The van der Waals surface area contributed by atoms with Crippen LogP contribution in [0, 0.1) is 11.6 Å². The second kappa shape index (κ2) is 10.7. The minimum atomic E-state index is -5.21. The number of carbonyl (C=O) groups excluding carboxylic acids is 1. The fourth-order valence-electron chi connectivity index (χ4n) is 6.35. The molecule has 4 aromatic rings. The van der Waals surface area contributed by atoms with Crippen molar-refractivity contribution in [3.05, 3.63) is 92.4 Å². The van der Waals surface area contributed by atoms with Gasteiger partial charge in [0, 0.05) is 36.2 Å². The van der Waals surface area contributed by atoms with Crippen LogP contribution in [-0.4, -0.2) is 35.3 Å². The van der Waals surface area contributed by atoms with Crippen molar-refractivity contribution in [2.75, 3.05) is 13.6 Å². The minimum absolute atomic E-state index is 0.0658. The van der Waals surface area contributed by atoms with Crippen LogP contribution < -0.4 is 30.4 Å². The Balaban J connectivity index is 1.45. The fraction of sp³-hybridized carbons (Fsp3) is 0.258. The normalized spacial score (nSPS) is 19.8. The Morgan fingerprint density at radius 2 is 1.85 bits per heavy atom. The molecule has 9 nitrogen and oxygen atoms in total. The number of nitrogens with one attached hydrogen (secondary N) is 2. The van der Waals surface area contributed by atoms with Crippen molar-refractivity contribution >= 4 is 17.5 Å². The summed E-state index contributed by atoms with van der Waals surface area (Å²) in [6.45, 7) is 0.714. The molecule has 1 saturated heterocycles. The first-order valence-electron chi connectivity index (χ1n) is 14.1. The average Bonchev–Trinajstić information content (AvgIpc) is 3.71. The lowest BCUT2D eigenvalue weighted by molar-refractivity contribution is -0.215. The summed E-state index contributed by atoms with van der Waals surface area (Å²) in [6.07, 6.45) is -2.97. The van der Waals surface area contributed by atoms with E-state index in [1.54, 1.807) is 0 Å². The van der Waals surface area contributed by atoms with E-state index >= 15 is 8.78 Å². The molecule has 1 amide bonds. The highest BCUT2D eigenvalue weighted by molar-refractivity contribution is 6.34. The lowest BCUT2D eigenvalue weighted by atomic mass is 9.80. The van der Waals surface area contributed by atoms with Gasteiger partial charge in [0.2, 0.25) is 11.5 Å². The van der Waals surface area contributed by atoms with Gasteiger partial charge in [0.25, 0.3) is 5.91 Å². The molecule has 46 heavy (non-hydrogen) atoms. The summed E-state index contributed by atoms with van der Waals surface area (Å²) in [7, 11) is 1.28. The monoisotopic (exact) mass is 660 g/mol. The van der Waals surface area contributed by atoms with Gasteiger partial charge in [0.1, 0.15) is 11.6 Å². The van der Waals surface area contributed by atoms with Gasteiger partial charge in [-0.3, -0.25) is 9.59 Å². The van der Waals surface area contributed by atoms with Crippen molar-refractivity contribution in [1.82, 2.24) is 20.4 Å². The highest BCUT2D eigenvalue weighted by Crippen LogP contribution is 2.55. The zero-order chi connectivity index (χ0) is 32.5. The molecule has 3 aliphatic rings. The molecule has 0 saturated carbocycles. The molecule has 0 bridgehead atoms. The zero-order valence-electron chi connectivity index (χ0n) is 23.7. The molecule has 0 unspecified atom stereocenters. The molecule has 0 aliphatic carbocycles. The number of amides is 1. The number of benzene rings is 3. The Kier molecular flexibility index (Phi) is 6.97. The molecule has 4 heterocycles. The Labute approximate surface area is 261 Å². The van der Waals surface area contributed by atoms with Crippen LogP contribution in [0.5, 0.6) is 28.7 Å². The number of ether oxygens (including phenoxy) is 3. The van der Waals surface area contributed by atoms with Crippen LogP contribution in [0.3, 0.4) is 0 Å². The first-order chi connectivity index (χ1) is 21.9. The third kappa shape index (κ3) is 4.49. The van der Waals surface area contributed by atoms with Crippen LogP contribution in [0.15, 0.2) is 53.5 Å². The largest absolute Gasteiger partial charge is 0.507 e. The van der Waals surface area contributed by atoms with Gasteiger partial charge in [0.05, 0.1) is 22.8 Å². The quantitative estimate of drug-likeness (QED) is 0.223. The molecule has 0 spiro atoms. The van der Waals surface area contributed by atoms with Crippen molar-refractivity contribution in [3.8, 4) is 39.9 Å². The van der Waals surface area contributed by atoms with Gasteiger partial charge in [-0.15, -0.1) is 17.9 Å². The smallest absolute Gasteiger partial charge is 0.480 e. The molecule has 238 valence electrons. The van der Waals surface area contributed by atoms with E-state index < -0.39 is 73.3 Å². The van der Waals surface area contributed by atoms with Crippen LogP contribution >= 0.6 is 11.6 Å². The second-order valence-corrected chi connectivity index (χ2v) is 11.3. The van der Waals surface area contributed by atoms with Crippen molar-refractivity contribution in [1.29, 1.82) is 0 Å². The van der Waals surface area contributed by atoms with Crippen molar-refractivity contribution in [2.24, 2.45) is 0 Å². The Bertz CT molecular complexity index is 1980. The number of carbonyl (C=O) groups is 1. The van der Waals surface area contributed by atoms with Gasteiger partial charge >= 0.3 is 11.9 Å². The van der Waals surface area contributed by atoms with E-state index in [4.69, 9.17) is 25.8 Å². The SMILES string of the molecule is CNC(=O)c1cc2c(c(F)c1-c1c(Cl)c(F)cc3c1C[C@](c1ccccc1)([C@@H]1CCCN1)O3)Oc1c(cnn(C(F)(F)F)c1=O)O2. The molecule has 1 aromatic heterocycles.